The maximum atomic E-state index is 13.1. The van der Waals surface area contributed by atoms with Gasteiger partial charge in [0.25, 0.3) is 0 Å². The van der Waals surface area contributed by atoms with Crippen molar-refractivity contribution in [3.8, 4) is 5.75 Å². The van der Waals surface area contributed by atoms with E-state index in [-0.39, 0.29) is 0 Å². The second kappa shape index (κ2) is 9.22. The Labute approximate surface area is 186 Å². The van der Waals surface area contributed by atoms with Crippen LogP contribution in [-0.2, 0) is 20.7 Å². The monoisotopic (exact) mass is 431 g/mol. The van der Waals surface area contributed by atoms with E-state index in [1.165, 1.54) is 7.11 Å². The maximum Gasteiger partial charge on any atom is 0.344 e. The summed E-state index contributed by atoms with van der Waals surface area (Å²) in [4.78, 5) is 29.5. The summed E-state index contributed by atoms with van der Waals surface area (Å²) in [5, 5.41) is 0.721. The zero-order valence-electron chi connectivity index (χ0n) is 18.4. The fourth-order valence-electron chi connectivity index (χ4n) is 4.13. The average molecular weight is 431 g/mol. The van der Waals surface area contributed by atoms with Gasteiger partial charge in [0.2, 0.25) is 0 Å². The van der Waals surface area contributed by atoms with Gasteiger partial charge in [0.1, 0.15) is 5.75 Å². The molecule has 6 nitrogen and oxygen atoms in total. The number of allylic oxidation sites excluding steroid dienone is 1. The van der Waals surface area contributed by atoms with E-state index in [4.69, 9.17) is 14.5 Å². The molecule has 1 aliphatic carbocycles. The Hall–Kier alpha value is -3.67. The molecule has 0 bridgehead atoms. The van der Waals surface area contributed by atoms with Crippen LogP contribution < -0.4 is 4.74 Å². The van der Waals surface area contributed by atoms with E-state index in [0.29, 0.717) is 23.4 Å². The Bertz CT molecular complexity index is 1200. The first-order chi connectivity index (χ1) is 15.5. The van der Waals surface area contributed by atoms with Crippen LogP contribution in [0.15, 0.2) is 48.5 Å². The fourth-order valence-corrected chi connectivity index (χ4v) is 4.13. The number of hydrogen-bond donors (Lipinski definition) is 0. The van der Waals surface area contributed by atoms with Crippen molar-refractivity contribution >= 4 is 34.5 Å². The Morgan fingerprint density at radius 2 is 1.81 bits per heavy atom. The van der Waals surface area contributed by atoms with Crippen LogP contribution in [0.3, 0.4) is 0 Å². The van der Waals surface area contributed by atoms with Gasteiger partial charge in [-0.15, -0.1) is 0 Å². The van der Waals surface area contributed by atoms with Gasteiger partial charge in [-0.3, -0.25) is 0 Å². The molecule has 1 heterocycles. The molecule has 1 unspecified atom stereocenters. The number of nitrogens with zero attached hydrogens (tertiary/aromatic N) is 1. The molecule has 0 amide bonds. The summed E-state index contributed by atoms with van der Waals surface area (Å²) in [6.45, 7) is 1.73. The largest absolute Gasteiger partial charge is 0.497 e. The molecule has 0 N–H and O–H groups in total. The number of pyridine rings is 1. The standard InChI is InChI=1S/C26H25NO5/c1-16-12-18(14-17-8-10-19(30-2)11-9-17)25-21(13-16)24(26(29)32-15-23(28)31-3)20-6-4-5-7-22(20)27-25/h4-11,14,16H,12-13,15H2,1-3H3/b18-14+. The quantitative estimate of drug-likeness (QED) is 0.546. The van der Waals surface area contributed by atoms with Gasteiger partial charge in [-0.05, 0) is 59.7 Å². The van der Waals surface area contributed by atoms with Crippen molar-refractivity contribution in [1.82, 2.24) is 4.98 Å². The summed E-state index contributed by atoms with van der Waals surface area (Å²) < 4.78 is 15.2. The summed E-state index contributed by atoms with van der Waals surface area (Å²) in [5.74, 6) is -0.0198. The van der Waals surface area contributed by atoms with Crippen LogP contribution in [-0.4, -0.2) is 37.7 Å². The van der Waals surface area contributed by atoms with Gasteiger partial charge in [0.05, 0.1) is 31.0 Å². The van der Waals surface area contributed by atoms with E-state index in [0.717, 1.165) is 40.0 Å². The van der Waals surface area contributed by atoms with Gasteiger partial charge in [0, 0.05) is 5.39 Å². The summed E-state index contributed by atoms with van der Waals surface area (Å²) in [7, 11) is 2.90. The maximum absolute atomic E-state index is 13.1. The molecular formula is C26H25NO5. The van der Waals surface area contributed by atoms with Gasteiger partial charge in [-0.2, -0.15) is 0 Å². The van der Waals surface area contributed by atoms with E-state index in [9.17, 15) is 9.59 Å². The number of para-hydroxylation sites is 1. The lowest BCUT2D eigenvalue weighted by Gasteiger charge is -2.26. The first-order valence-electron chi connectivity index (χ1n) is 10.5. The number of esters is 2. The molecule has 0 aliphatic heterocycles. The fraction of sp³-hybridized carbons (Fsp3) is 0.269. The Balaban J connectivity index is 1.84. The molecule has 1 aliphatic rings. The third-order valence-corrected chi connectivity index (χ3v) is 5.63. The number of carbonyl (C=O) groups excluding carboxylic acids is 2. The van der Waals surface area contributed by atoms with Crippen molar-refractivity contribution in [2.45, 2.75) is 19.8 Å². The molecule has 0 spiro atoms. The van der Waals surface area contributed by atoms with Crippen molar-refractivity contribution in [3.05, 3.63) is 70.9 Å². The molecule has 0 saturated heterocycles. The molecule has 1 aromatic heterocycles. The van der Waals surface area contributed by atoms with E-state index in [1.807, 2.05) is 48.5 Å². The Morgan fingerprint density at radius 1 is 1.06 bits per heavy atom. The van der Waals surface area contributed by atoms with Crippen LogP contribution in [0.25, 0.3) is 22.6 Å². The number of methoxy groups -OCH3 is 2. The minimum Gasteiger partial charge on any atom is -0.497 e. The van der Waals surface area contributed by atoms with Crippen LogP contribution in [0, 0.1) is 5.92 Å². The van der Waals surface area contributed by atoms with Crippen LogP contribution in [0.5, 0.6) is 5.75 Å². The Morgan fingerprint density at radius 3 is 2.53 bits per heavy atom. The van der Waals surface area contributed by atoms with Gasteiger partial charge < -0.3 is 14.2 Å². The first-order valence-corrected chi connectivity index (χ1v) is 10.5. The number of ether oxygens (including phenoxy) is 3. The highest BCUT2D eigenvalue weighted by atomic mass is 16.6. The van der Waals surface area contributed by atoms with Crippen LogP contribution in [0.4, 0.5) is 0 Å². The average Bonchev–Trinajstić information content (AvgIpc) is 2.81. The molecule has 0 saturated carbocycles. The van der Waals surface area contributed by atoms with Crippen LogP contribution in [0.2, 0.25) is 0 Å². The molecule has 164 valence electrons. The molecule has 32 heavy (non-hydrogen) atoms. The number of benzene rings is 2. The minimum atomic E-state index is -0.598. The molecule has 3 aromatic rings. The van der Waals surface area contributed by atoms with Crippen molar-refractivity contribution in [2.24, 2.45) is 5.92 Å². The summed E-state index contributed by atoms with van der Waals surface area (Å²) in [5.41, 5.74) is 4.95. The van der Waals surface area contributed by atoms with E-state index in [2.05, 4.69) is 17.7 Å². The van der Waals surface area contributed by atoms with Gasteiger partial charge >= 0.3 is 11.9 Å². The lowest BCUT2D eigenvalue weighted by atomic mass is 9.80. The van der Waals surface area contributed by atoms with Crippen molar-refractivity contribution < 1.29 is 23.8 Å². The third kappa shape index (κ3) is 4.35. The van der Waals surface area contributed by atoms with Crippen LogP contribution >= 0.6 is 0 Å². The zero-order chi connectivity index (χ0) is 22.7. The predicted molar refractivity (Wildman–Crippen MR) is 122 cm³/mol. The minimum absolute atomic E-state index is 0.321. The second-order valence-electron chi connectivity index (χ2n) is 7.94. The first kappa shape index (κ1) is 21.6. The molecule has 2 aromatic carbocycles. The molecule has 0 radical (unpaired) electrons. The molecule has 6 heteroatoms. The van der Waals surface area contributed by atoms with Crippen molar-refractivity contribution in [1.29, 1.82) is 0 Å². The number of aromatic nitrogens is 1. The van der Waals surface area contributed by atoms with E-state index in [1.54, 1.807) is 7.11 Å². The van der Waals surface area contributed by atoms with Gasteiger partial charge in [0.15, 0.2) is 6.61 Å². The zero-order valence-corrected chi connectivity index (χ0v) is 18.4. The highest BCUT2D eigenvalue weighted by molar-refractivity contribution is 6.07. The smallest absolute Gasteiger partial charge is 0.344 e. The van der Waals surface area contributed by atoms with E-state index >= 15 is 0 Å². The third-order valence-electron chi connectivity index (χ3n) is 5.63. The molecule has 4 rings (SSSR count). The Kier molecular flexibility index (Phi) is 6.21. The number of rotatable bonds is 5. The SMILES string of the molecule is COC(=O)COC(=O)c1c2c(nc3ccccc13)/C(=C/c1ccc(OC)cc1)CC(C)C2. The highest BCUT2D eigenvalue weighted by Crippen LogP contribution is 2.38. The topological polar surface area (TPSA) is 74.7 Å². The van der Waals surface area contributed by atoms with Gasteiger partial charge in [-0.1, -0.05) is 37.3 Å². The van der Waals surface area contributed by atoms with Crippen LogP contribution in [0.1, 0.15) is 40.5 Å². The van der Waals surface area contributed by atoms with E-state index < -0.39 is 18.5 Å². The van der Waals surface area contributed by atoms with Crippen molar-refractivity contribution in [3.63, 3.8) is 0 Å². The summed E-state index contributed by atoms with van der Waals surface area (Å²) >= 11 is 0. The summed E-state index contributed by atoms with van der Waals surface area (Å²) in [6, 6.07) is 15.3. The van der Waals surface area contributed by atoms with Crippen molar-refractivity contribution in [2.75, 3.05) is 20.8 Å². The number of hydrogen-bond acceptors (Lipinski definition) is 6. The lowest BCUT2D eigenvalue weighted by Crippen LogP contribution is -2.21. The highest BCUT2D eigenvalue weighted by Gasteiger charge is 2.29. The second-order valence-corrected chi connectivity index (χ2v) is 7.94. The molecule has 0 fully saturated rings. The predicted octanol–water partition coefficient (Wildman–Crippen LogP) is 4.70. The lowest BCUT2D eigenvalue weighted by molar-refractivity contribution is -0.144. The number of carbonyl (C=O) groups is 2. The normalized spacial score (nSPS) is 16.5. The number of fused-ring (bicyclic) bond motifs is 2. The van der Waals surface area contributed by atoms with Gasteiger partial charge in [-0.25, -0.2) is 14.6 Å². The molecule has 1 atom stereocenters. The molecular weight excluding hydrogens is 406 g/mol. The summed E-state index contributed by atoms with van der Waals surface area (Å²) in [6.07, 6.45) is 3.66.